The summed E-state index contributed by atoms with van der Waals surface area (Å²) in [4.78, 5) is 0. The van der Waals surface area contributed by atoms with E-state index >= 15 is 0 Å². The molecule has 0 aromatic heterocycles. The van der Waals surface area contributed by atoms with Crippen molar-refractivity contribution in [1.29, 1.82) is 0 Å². The Labute approximate surface area is 108 Å². The highest BCUT2D eigenvalue weighted by Crippen LogP contribution is 2.38. The molecule has 4 heteroatoms. The number of nitrogens with one attached hydrogen (secondary N) is 1. The second-order valence-corrected chi connectivity index (χ2v) is 4.79. The van der Waals surface area contributed by atoms with Crippen LogP contribution < -0.4 is 5.32 Å². The van der Waals surface area contributed by atoms with E-state index in [9.17, 15) is 9.50 Å². The van der Waals surface area contributed by atoms with Gasteiger partial charge in [0.05, 0.1) is 5.60 Å². The standard InChI is InChI=1S/C13H18FNO.ClH/c1-9-7-15-8-10(2)13(9,16)11-3-5-12(14)6-4-11;/h3-6,9-10,15-16H,7-8H2,1-2H3;1H/t9-,10+,13?;. The molecule has 0 radical (unpaired) electrons. The fourth-order valence-electron chi connectivity index (χ4n) is 2.60. The highest BCUT2D eigenvalue weighted by atomic mass is 35.5. The second-order valence-electron chi connectivity index (χ2n) is 4.79. The minimum atomic E-state index is -0.848. The Morgan fingerprint density at radius 2 is 1.65 bits per heavy atom. The van der Waals surface area contributed by atoms with Crippen molar-refractivity contribution >= 4 is 12.4 Å². The van der Waals surface area contributed by atoms with Crippen LogP contribution in [0.2, 0.25) is 0 Å². The van der Waals surface area contributed by atoms with Crippen molar-refractivity contribution in [3.05, 3.63) is 35.6 Å². The summed E-state index contributed by atoms with van der Waals surface area (Å²) in [6.07, 6.45) is 0. The molecule has 1 aliphatic rings. The molecule has 3 atom stereocenters. The lowest BCUT2D eigenvalue weighted by atomic mass is 9.71. The Morgan fingerprint density at radius 3 is 2.12 bits per heavy atom. The summed E-state index contributed by atoms with van der Waals surface area (Å²) in [6, 6.07) is 6.20. The normalized spacial score (nSPS) is 32.9. The Morgan fingerprint density at radius 1 is 1.18 bits per heavy atom. The number of benzene rings is 1. The Kier molecular flexibility index (Phi) is 4.53. The van der Waals surface area contributed by atoms with E-state index in [4.69, 9.17) is 0 Å². The van der Waals surface area contributed by atoms with Gasteiger partial charge in [-0.2, -0.15) is 0 Å². The van der Waals surface area contributed by atoms with Gasteiger partial charge in [0.15, 0.2) is 0 Å². The van der Waals surface area contributed by atoms with Crippen LogP contribution >= 0.6 is 12.4 Å². The van der Waals surface area contributed by atoms with Crippen molar-refractivity contribution in [2.45, 2.75) is 19.4 Å². The first-order chi connectivity index (χ1) is 7.55. The molecule has 2 rings (SSSR count). The zero-order valence-electron chi connectivity index (χ0n) is 10.1. The van der Waals surface area contributed by atoms with Gasteiger partial charge in [-0.25, -0.2) is 4.39 Å². The van der Waals surface area contributed by atoms with Gasteiger partial charge >= 0.3 is 0 Å². The first-order valence-corrected chi connectivity index (χ1v) is 5.74. The van der Waals surface area contributed by atoms with Gasteiger partial charge in [-0.1, -0.05) is 26.0 Å². The van der Waals surface area contributed by atoms with Crippen LogP contribution in [0.1, 0.15) is 19.4 Å². The van der Waals surface area contributed by atoms with E-state index in [0.29, 0.717) is 0 Å². The Hall–Kier alpha value is -0.640. The van der Waals surface area contributed by atoms with Crippen molar-refractivity contribution in [1.82, 2.24) is 5.32 Å². The molecular formula is C13H19ClFNO. The van der Waals surface area contributed by atoms with Crippen molar-refractivity contribution in [3.63, 3.8) is 0 Å². The van der Waals surface area contributed by atoms with Crippen LogP contribution in [0.15, 0.2) is 24.3 Å². The van der Waals surface area contributed by atoms with Crippen molar-refractivity contribution in [2.75, 3.05) is 13.1 Å². The molecular weight excluding hydrogens is 241 g/mol. The van der Waals surface area contributed by atoms with Gasteiger partial charge in [-0.3, -0.25) is 0 Å². The molecule has 0 aliphatic carbocycles. The van der Waals surface area contributed by atoms with Gasteiger partial charge in [0.1, 0.15) is 5.82 Å². The molecule has 1 aliphatic heterocycles. The molecule has 96 valence electrons. The predicted molar refractivity (Wildman–Crippen MR) is 68.7 cm³/mol. The quantitative estimate of drug-likeness (QED) is 0.811. The van der Waals surface area contributed by atoms with E-state index in [0.717, 1.165) is 18.7 Å². The molecule has 1 aromatic rings. The Bertz CT molecular complexity index is 358. The monoisotopic (exact) mass is 259 g/mol. The van der Waals surface area contributed by atoms with Crippen LogP contribution in [0.5, 0.6) is 0 Å². The smallest absolute Gasteiger partial charge is 0.123 e. The van der Waals surface area contributed by atoms with Crippen molar-refractivity contribution in [2.24, 2.45) is 11.8 Å². The molecule has 2 nitrogen and oxygen atoms in total. The van der Waals surface area contributed by atoms with Gasteiger partial charge in [0, 0.05) is 24.9 Å². The van der Waals surface area contributed by atoms with Gasteiger partial charge in [-0.05, 0) is 17.7 Å². The zero-order chi connectivity index (χ0) is 11.8. The molecule has 0 saturated carbocycles. The lowest BCUT2D eigenvalue weighted by molar-refractivity contribution is -0.0807. The van der Waals surface area contributed by atoms with Crippen LogP contribution in [-0.4, -0.2) is 18.2 Å². The van der Waals surface area contributed by atoms with Crippen LogP contribution in [0.25, 0.3) is 0 Å². The fourth-order valence-corrected chi connectivity index (χ4v) is 2.60. The fraction of sp³-hybridized carbons (Fsp3) is 0.538. The number of piperidine rings is 1. The first-order valence-electron chi connectivity index (χ1n) is 5.74. The third kappa shape index (κ3) is 2.46. The molecule has 17 heavy (non-hydrogen) atoms. The largest absolute Gasteiger partial charge is 0.385 e. The van der Waals surface area contributed by atoms with Crippen LogP contribution in [-0.2, 0) is 5.60 Å². The highest BCUT2D eigenvalue weighted by Gasteiger charge is 2.43. The van der Waals surface area contributed by atoms with Gasteiger partial charge < -0.3 is 10.4 Å². The van der Waals surface area contributed by atoms with Gasteiger partial charge in [0.25, 0.3) is 0 Å². The molecule has 0 bridgehead atoms. The minimum absolute atomic E-state index is 0. The van der Waals surface area contributed by atoms with Gasteiger partial charge in [-0.15, -0.1) is 12.4 Å². The number of hydrogen-bond donors (Lipinski definition) is 2. The van der Waals surface area contributed by atoms with E-state index in [1.165, 1.54) is 12.1 Å². The summed E-state index contributed by atoms with van der Waals surface area (Å²) in [5.41, 5.74) is -0.0331. The third-order valence-electron chi connectivity index (χ3n) is 3.71. The van der Waals surface area contributed by atoms with E-state index < -0.39 is 5.60 Å². The number of hydrogen-bond acceptors (Lipinski definition) is 2. The number of aliphatic hydroxyl groups is 1. The number of halogens is 2. The molecule has 0 amide bonds. The molecule has 1 saturated heterocycles. The SMILES string of the molecule is C[C@@H]1CNC[C@H](C)C1(O)c1ccc(F)cc1.Cl. The van der Waals surface area contributed by atoms with E-state index in [2.05, 4.69) is 5.32 Å². The lowest BCUT2D eigenvalue weighted by Crippen LogP contribution is -2.52. The first kappa shape index (κ1) is 14.4. The maximum Gasteiger partial charge on any atom is 0.123 e. The average molecular weight is 260 g/mol. The van der Waals surface area contributed by atoms with Crippen molar-refractivity contribution in [3.8, 4) is 0 Å². The molecule has 1 fully saturated rings. The summed E-state index contributed by atoms with van der Waals surface area (Å²) in [5.74, 6) is -0.00925. The molecule has 0 spiro atoms. The summed E-state index contributed by atoms with van der Waals surface area (Å²) >= 11 is 0. The summed E-state index contributed by atoms with van der Waals surface area (Å²) in [6.45, 7) is 5.62. The van der Waals surface area contributed by atoms with Crippen LogP contribution in [0, 0.1) is 17.7 Å². The molecule has 1 unspecified atom stereocenters. The summed E-state index contributed by atoms with van der Waals surface area (Å²) in [7, 11) is 0. The maximum absolute atomic E-state index is 12.9. The van der Waals surface area contributed by atoms with Crippen LogP contribution in [0.4, 0.5) is 4.39 Å². The summed E-state index contributed by atoms with van der Waals surface area (Å²) in [5, 5.41) is 14.1. The maximum atomic E-state index is 12.9. The highest BCUT2D eigenvalue weighted by molar-refractivity contribution is 5.85. The minimum Gasteiger partial charge on any atom is -0.385 e. The predicted octanol–water partition coefficient (Wildman–Crippen LogP) is 2.31. The summed E-state index contributed by atoms with van der Waals surface area (Å²) < 4.78 is 12.9. The zero-order valence-corrected chi connectivity index (χ0v) is 10.9. The Balaban J connectivity index is 0.00000144. The molecule has 2 N–H and O–H groups in total. The molecule has 1 heterocycles. The number of rotatable bonds is 1. The average Bonchev–Trinajstić information content (AvgIpc) is 2.27. The van der Waals surface area contributed by atoms with Crippen molar-refractivity contribution < 1.29 is 9.50 Å². The lowest BCUT2D eigenvalue weighted by Gasteiger charge is -2.44. The van der Waals surface area contributed by atoms with E-state index in [1.54, 1.807) is 12.1 Å². The van der Waals surface area contributed by atoms with E-state index in [1.807, 2.05) is 13.8 Å². The van der Waals surface area contributed by atoms with Gasteiger partial charge in [0.2, 0.25) is 0 Å². The molecule has 1 aromatic carbocycles. The third-order valence-corrected chi connectivity index (χ3v) is 3.71. The van der Waals surface area contributed by atoms with E-state index in [-0.39, 0.29) is 30.1 Å². The second kappa shape index (κ2) is 5.34. The van der Waals surface area contributed by atoms with Crippen LogP contribution in [0.3, 0.4) is 0 Å². The topological polar surface area (TPSA) is 32.3 Å².